The molecule has 2 aliphatic carbocycles. The molecule has 0 spiro atoms. The van der Waals surface area contributed by atoms with E-state index in [0.717, 1.165) is 11.8 Å². The van der Waals surface area contributed by atoms with Gasteiger partial charge in [0.1, 0.15) is 0 Å². The SMILES string of the molecule is CC[C@@]1(C)CC2CCC1C2(C)C. The van der Waals surface area contributed by atoms with Gasteiger partial charge >= 0.3 is 0 Å². The molecule has 0 heterocycles. The lowest BCUT2D eigenvalue weighted by molar-refractivity contribution is 0.144. The van der Waals surface area contributed by atoms with E-state index in [0.29, 0.717) is 10.8 Å². The fourth-order valence-corrected chi connectivity index (χ4v) is 4.10. The second-order valence-electron chi connectivity index (χ2n) is 5.86. The predicted molar refractivity (Wildman–Crippen MR) is 53.0 cm³/mol. The third-order valence-corrected chi connectivity index (χ3v) is 5.12. The molecule has 0 aromatic heterocycles. The molecule has 0 nitrogen and oxygen atoms in total. The van der Waals surface area contributed by atoms with Crippen molar-refractivity contribution >= 4 is 0 Å². The van der Waals surface area contributed by atoms with E-state index in [1.165, 1.54) is 25.7 Å². The summed E-state index contributed by atoms with van der Waals surface area (Å²) in [6, 6.07) is 0. The molecule has 2 fully saturated rings. The first kappa shape index (κ1) is 8.59. The summed E-state index contributed by atoms with van der Waals surface area (Å²) in [4.78, 5) is 0. The second kappa shape index (κ2) is 2.27. The molecular formula is C12H22. The van der Waals surface area contributed by atoms with Gasteiger partial charge in [-0.05, 0) is 41.9 Å². The van der Waals surface area contributed by atoms with Crippen molar-refractivity contribution in [3.8, 4) is 0 Å². The normalized spacial score (nSPS) is 50.0. The summed E-state index contributed by atoms with van der Waals surface area (Å²) >= 11 is 0. The lowest BCUT2D eigenvalue weighted by Crippen LogP contribution is -2.27. The Labute approximate surface area is 76.7 Å². The molecule has 0 saturated heterocycles. The fraction of sp³-hybridized carbons (Fsp3) is 1.00. The maximum atomic E-state index is 2.51. The standard InChI is InChI=1S/C12H22/c1-5-12(4)8-9-6-7-10(12)11(9,2)3/h9-10H,5-8H2,1-4H3/t9?,10?,12-/m0/s1. The Kier molecular flexibility index (Phi) is 1.63. The summed E-state index contributed by atoms with van der Waals surface area (Å²) in [5.74, 6) is 2.05. The number of hydrogen-bond donors (Lipinski definition) is 0. The van der Waals surface area contributed by atoms with Gasteiger partial charge < -0.3 is 0 Å². The minimum absolute atomic E-state index is 0.658. The van der Waals surface area contributed by atoms with Crippen molar-refractivity contribution < 1.29 is 0 Å². The van der Waals surface area contributed by atoms with Gasteiger partial charge in [-0.15, -0.1) is 0 Å². The average molecular weight is 166 g/mol. The van der Waals surface area contributed by atoms with Gasteiger partial charge in [-0.1, -0.05) is 34.1 Å². The highest BCUT2D eigenvalue weighted by atomic mass is 14.6. The molecule has 70 valence electrons. The van der Waals surface area contributed by atoms with E-state index in [-0.39, 0.29) is 0 Å². The van der Waals surface area contributed by atoms with Crippen LogP contribution in [0.4, 0.5) is 0 Å². The van der Waals surface area contributed by atoms with E-state index in [4.69, 9.17) is 0 Å². The molecule has 3 atom stereocenters. The molecule has 2 aliphatic rings. The molecule has 0 heteroatoms. The summed E-state index contributed by atoms with van der Waals surface area (Å²) in [5.41, 5.74) is 1.34. The molecule has 0 radical (unpaired) electrons. The molecule has 2 saturated carbocycles. The minimum atomic E-state index is 0.658. The van der Waals surface area contributed by atoms with Crippen LogP contribution in [0.15, 0.2) is 0 Å². The Balaban J connectivity index is 2.29. The van der Waals surface area contributed by atoms with E-state index in [1.807, 2.05) is 0 Å². The quantitative estimate of drug-likeness (QED) is 0.555. The van der Waals surface area contributed by atoms with Crippen LogP contribution in [0.2, 0.25) is 0 Å². The number of hydrogen-bond acceptors (Lipinski definition) is 0. The summed E-state index contributed by atoms with van der Waals surface area (Å²) in [6.45, 7) is 9.88. The van der Waals surface area contributed by atoms with Crippen LogP contribution in [0.5, 0.6) is 0 Å². The smallest absolute Gasteiger partial charge is 0.0292 e. The fourth-order valence-electron chi connectivity index (χ4n) is 4.10. The predicted octanol–water partition coefficient (Wildman–Crippen LogP) is 3.86. The van der Waals surface area contributed by atoms with Gasteiger partial charge in [0.2, 0.25) is 0 Å². The Morgan fingerprint density at radius 2 is 1.83 bits per heavy atom. The van der Waals surface area contributed by atoms with Crippen LogP contribution in [0.1, 0.15) is 53.4 Å². The third-order valence-electron chi connectivity index (χ3n) is 5.12. The highest BCUT2D eigenvalue weighted by molar-refractivity contribution is 5.07. The molecule has 0 aromatic carbocycles. The Hall–Kier alpha value is 0. The molecule has 2 bridgehead atoms. The van der Waals surface area contributed by atoms with Crippen molar-refractivity contribution in [3.63, 3.8) is 0 Å². The van der Waals surface area contributed by atoms with Crippen molar-refractivity contribution in [3.05, 3.63) is 0 Å². The summed E-state index contributed by atoms with van der Waals surface area (Å²) < 4.78 is 0. The largest absolute Gasteiger partial charge is 0.0649 e. The van der Waals surface area contributed by atoms with Gasteiger partial charge in [-0.3, -0.25) is 0 Å². The van der Waals surface area contributed by atoms with Crippen LogP contribution in [0, 0.1) is 22.7 Å². The first-order valence-corrected chi connectivity index (χ1v) is 5.50. The molecule has 2 rings (SSSR count). The lowest BCUT2D eigenvalue weighted by atomic mass is 9.70. The van der Waals surface area contributed by atoms with Crippen LogP contribution in [-0.4, -0.2) is 0 Å². The summed E-state index contributed by atoms with van der Waals surface area (Å²) in [6.07, 6.45) is 5.90. The second-order valence-corrected chi connectivity index (χ2v) is 5.86. The van der Waals surface area contributed by atoms with E-state index in [2.05, 4.69) is 27.7 Å². The Bertz CT molecular complexity index is 192. The van der Waals surface area contributed by atoms with Crippen LogP contribution in [-0.2, 0) is 0 Å². The summed E-state index contributed by atoms with van der Waals surface area (Å²) in [7, 11) is 0. The molecule has 12 heavy (non-hydrogen) atoms. The zero-order valence-corrected chi connectivity index (χ0v) is 8.98. The summed E-state index contributed by atoms with van der Waals surface area (Å²) in [5, 5.41) is 0. The molecule has 2 unspecified atom stereocenters. The van der Waals surface area contributed by atoms with E-state index >= 15 is 0 Å². The zero-order chi connectivity index (χ0) is 8.98. The van der Waals surface area contributed by atoms with Gasteiger partial charge in [-0.25, -0.2) is 0 Å². The van der Waals surface area contributed by atoms with Gasteiger partial charge in [0.15, 0.2) is 0 Å². The first-order chi connectivity index (χ1) is 5.50. The van der Waals surface area contributed by atoms with Crippen molar-refractivity contribution in [2.75, 3.05) is 0 Å². The maximum Gasteiger partial charge on any atom is -0.0292 e. The highest BCUT2D eigenvalue weighted by Crippen LogP contribution is 2.66. The molecule has 0 aromatic rings. The molecule has 0 amide bonds. The van der Waals surface area contributed by atoms with Crippen molar-refractivity contribution in [1.29, 1.82) is 0 Å². The van der Waals surface area contributed by atoms with Crippen molar-refractivity contribution in [1.82, 2.24) is 0 Å². The van der Waals surface area contributed by atoms with Crippen LogP contribution in [0.3, 0.4) is 0 Å². The van der Waals surface area contributed by atoms with Crippen LogP contribution in [0.25, 0.3) is 0 Å². The third kappa shape index (κ3) is 0.843. The van der Waals surface area contributed by atoms with Gasteiger partial charge in [0.25, 0.3) is 0 Å². The van der Waals surface area contributed by atoms with Gasteiger partial charge in [-0.2, -0.15) is 0 Å². The van der Waals surface area contributed by atoms with E-state index < -0.39 is 0 Å². The Morgan fingerprint density at radius 3 is 2.08 bits per heavy atom. The monoisotopic (exact) mass is 166 g/mol. The molecule has 0 N–H and O–H groups in total. The lowest BCUT2D eigenvalue weighted by Gasteiger charge is -2.35. The van der Waals surface area contributed by atoms with Gasteiger partial charge in [0.05, 0.1) is 0 Å². The topological polar surface area (TPSA) is 0 Å². The highest BCUT2D eigenvalue weighted by Gasteiger charge is 2.57. The average Bonchev–Trinajstić information content (AvgIpc) is 2.38. The van der Waals surface area contributed by atoms with Crippen LogP contribution >= 0.6 is 0 Å². The zero-order valence-electron chi connectivity index (χ0n) is 8.98. The maximum absolute atomic E-state index is 2.51. The van der Waals surface area contributed by atoms with Crippen molar-refractivity contribution in [2.24, 2.45) is 22.7 Å². The first-order valence-electron chi connectivity index (χ1n) is 5.50. The van der Waals surface area contributed by atoms with Crippen LogP contribution < -0.4 is 0 Å². The van der Waals surface area contributed by atoms with E-state index in [9.17, 15) is 0 Å². The molecule has 0 aliphatic heterocycles. The van der Waals surface area contributed by atoms with Gasteiger partial charge in [0, 0.05) is 0 Å². The minimum Gasteiger partial charge on any atom is -0.0649 e. The number of rotatable bonds is 1. The van der Waals surface area contributed by atoms with E-state index in [1.54, 1.807) is 0 Å². The molecular weight excluding hydrogens is 144 g/mol. The Morgan fingerprint density at radius 1 is 1.17 bits per heavy atom. The van der Waals surface area contributed by atoms with Crippen molar-refractivity contribution in [2.45, 2.75) is 53.4 Å². The number of fused-ring (bicyclic) bond motifs is 2.